The third-order valence-corrected chi connectivity index (χ3v) is 7.17. The maximum absolute atomic E-state index is 12.9. The molecule has 0 unspecified atom stereocenters. The van der Waals surface area contributed by atoms with Gasteiger partial charge >= 0.3 is 6.18 Å². The lowest BCUT2D eigenvalue weighted by molar-refractivity contribution is -0.137. The van der Waals surface area contributed by atoms with Gasteiger partial charge in [-0.2, -0.15) is 29.1 Å². The van der Waals surface area contributed by atoms with E-state index in [4.69, 9.17) is 4.99 Å². The van der Waals surface area contributed by atoms with Crippen molar-refractivity contribution in [3.8, 4) is 6.07 Å². The molecule has 0 amide bonds. The van der Waals surface area contributed by atoms with Crippen LogP contribution in [0.2, 0.25) is 0 Å². The Labute approximate surface area is 182 Å². The second-order valence-corrected chi connectivity index (χ2v) is 9.23. The van der Waals surface area contributed by atoms with Crippen molar-refractivity contribution in [2.45, 2.75) is 35.3 Å². The van der Waals surface area contributed by atoms with Crippen molar-refractivity contribution >= 4 is 40.1 Å². The van der Waals surface area contributed by atoms with E-state index in [0.29, 0.717) is 17.1 Å². The highest BCUT2D eigenvalue weighted by molar-refractivity contribution is 8.38. The predicted octanol–water partition coefficient (Wildman–Crippen LogP) is 3.52. The number of aliphatic imine (C=N–C) groups is 1. The Hall–Kier alpha value is -2.98. The van der Waals surface area contributed by atoms with Gasteiger partial charge in [-0.15, -0.1) is 15.3 Å². The van der Waals surface area contributed by atoms with Crippen LogP contribution in [0.15, 0.2) is 39.4 Å². The number of aromatic nitrogens is 2. The highest BCUT2D eigenvalue weighted by atomic mass is 32.2. The number of nitrogens with one attached hydrogen (secondary N) is 2. The second-order valence-electron chi connectivity index (χ2n) is 7.03. The summed E-state index contributed by atoms with van der Waals surface area (Å²) in [6.07, 6.45) is -1.22. The fraction of sp³-hybridized carbons (Fsp3) is 0.278. The summed E-state index contributed by atoms with van der Waals surface area (Å²) in [5.74, 6) is 0.904. The van der Waals surface area contributed by atoms with Gasteiger partial charge < -0.3 is 0 Å². The summed E-state index contributed by atoms with van der Waals surface area (Å²) in [6, 6.07) is 7.03. The van der Waals surface area contributed by atoms with E-state index in [1.54, 1.807) is 0 Å². The fourth-order valence-electron chi connectivity index (χ4n) is 3.23. The first-order valence-electron chi connectivity index (χ1n) is 9.10. The Morgan fingerprint density at radius 3 is 2.77 bits per heavy atom. The molecule has 158 valence electrons. The van der Waals surface area contributed by atoms with E-state index >= 15 is 0 Å². The maximum Gasteiger partial charge on any atom is 0.416 e. The van der Waals surface area contributed by atoms with E-state index in [2.05, 4.69) is 26.3 Å². The van der Waals surface area contributed by atoms with Crippen LogP contribution in [0.25, 0.3) is 0 Å². The van der Waals surface area contributed by atoms with E-state index in [9.17, 15) is 18.4 Å². The average molecular weight is 462 g/mol. The van der Waals surface area contributed by atoms with E-state index in [0.717, 1.165) is 39.9 Å². The zero-order valence-electron chi connectivity index (χ0n) is 15.6. The van der Waals surface area contributed by atoms with Crippen LogP contribution < -0.4 is 16.1 Å². The van der Waals surface area contributed by atoms with Crippen molar-refractivity contribution in [1.29, 1.82) is 5.26 Å². The molecule has 2 N–H and O–H groups in total. The lowest BCUT2D eigenvalue weighted by Gasteiger charge is -2.23. The molecular formula is C18H13F3N8S2. The number of anilines is 1. The van der Waals surface area contributed by atoms with Crippen LogP contribution in [0, 0.1) is 11.3 Å². The molecule has 13 heteroatoms. The summed E-state index contributed by atoms with van der Waals surface area (Å²) in [6.45, 7) is 0. The number of thioether (sulfide) groups is 2. The van der Waals surface area contributed by atoms with Crippen molar-refractivity contribution in [2.75, 3.05) is 5.12 Å². The third-order valence-electron chi connectivity index (χ3n) is 5.01. The number of hydrazine groups is 2. The average Bonchev–Trinajstić information content (AvgIpc) is 3.30. The minimum atomic E-state index is -4.48. The Morgan fingerprint density at radius 1 is 1.26 bits per heavy atom. The number of benzene rings is 1. The molecule has 0 radical (unpaired) electrons. The molecular weight excluding hydrogens is 449 g/mol. The van der Waals surface area contributed by atoms with E-state index in [-0.39, 0.29) is 11.1 Å². The van der Waals surface area contributed by atoms with Gasteiger partial charge in [0.15, 0.2) is 5.82 Å². The number of fused-ring (bicyclic) bond motifs is 2. The topological polar surface area (TPSA) is 102 Å². The molecule has 8 nitrogen and oxygen atoms in total. The molecule has 0 bridgehead atoms. The molecule has 2 aliphatic heterocycles. The van der Waals surface area contributed by atoms with Crippen molar-refractivity contribution in [3.63, 3.8) is 0 Å². The molecule has 31 heavy (non-hydrogen) atoms. The summed E-state index contributed by atoms with van der Waals surface area (Å²) >= 11 is 2.76. The minimum absolute atomic E-state index is 0.0162. The van der Waals surface area contributed by atoms with E-state index < -0.39 is 11.7 Å². The summed E-state index contributed by atoms with van der Waals surface area (Å²) in [5.41, 5.74) is 6.00. The second kappa shape index (κ2) is 7.31. The Balaban J connectivity index is 1.34. The zero-order chi connectivity index (χ0) is 21.6. The number of rotatable bonds is 3. The predicted molar refractivity (Wildman–Crippen MR) is 111 cm³/mol. The van der Waals surface area contributed by atoms with Gasteiger partial charge in [-0.25, -0.2) is 0 Å². The van der Waals surface area contributed by atoms with Crippen LogP contribution >= 0.6 is 23.5 Å². The molecule has 1 aromatic carbocycles. The Morgan fingerprint density at radius 2 is 2.10 bits per heavy atom. The number of nitriles is 1. The number of alkyl halides is 3. The van der Waals surface area contributed by atoms with Crippen LogP contribution in [0.4, 0.5) is 19.0 Å². The van der Waals surface area contributed by atoms with Gasteiger partial charge in [0.1, 0.15) is 15.7 Å². The fourth-order valence-corrected chi connectivity index (χ4v) is 5.48. The zero-order valence-corrected chi connectivity index (χ0v) is 17.3. The van der Waals surface area contributed by atoms with Gasteiger partial charge in [0.2, 0.25) is 0 Å². The molecule has 2 aromatic rings. The highest BCUT2D eigenvalue weighted by Gasteiger charge is 2.49. The number of hydrogen-bond donors (Lipinski definition) is 2. The van der Waals surface area contributed by atoms with E-state index in [1.807, 2.05) is 12.1 Å². The van der Waals surface area contributed by atoms with Crippen LogP contribution in [0.1, 0.15) is 35.1 Å². The normalized spacial score (nSPS) is 18.1. The van der Waals surface area contributed by atoms with Gasteiger partial charge in [-0.3, -0.25) is 10.4 Å². The van der Waals surface area contributed by atoms with Crippen molar-refractivity contribution in [1.82, 2.24) is 21.2 Å². The van der Waals surface area contributed by atoms with Crippen molar-refractivity contribution in [2.24, 2.45) is 10.1 Å². The first-order chi connectivity index (χ1) is 14.9. The molecule has 5 rings (SSSR count). The lowest BCUT2D eigenvalue weighted by Crippen LogP contribution is -2.40. The SMILES string of the molecule is N#Cc1cc(C(F)(F)F)ccc1CSC1=NC2(CC2)c2cc(N3NC=NN3)nnc2S1. The quantitative estimate of drug-likeness (QED) is 0.715. The minimum Gasteiger partial charge on any atom is -0.264 e. The first-order valence-corrected chi connectivity index (χ1v) is 10.9. The number of hydrogen-bond acceptors (Lipinski definition) is 10. The van der Waals surface area contributed by atoms with Gasteiger partial charge in [0.05, 0.1) is 22.7 Å². The lowest BCUT2D eigenvalue weighted by atomic mass is 10.1. The van der Waals surface area contributed by atoms with Gasteiger partial charge in [0, 0.05) is 11.3 Å². The Kier molecular flexibility index (Phi) is 4.71. The molecule has 3 heterocycles. The molecule has 1 aromatic heterocycles. The van der Waals surface area contributed by atoms with Crippen LogP contribution in [-0.2, 0) is 17.5 Å². The highest BCUT2D eigenvalue weighted by Crippen LogP contribution is 2.56. The molecule has 0 atom stereocenters. The monoisotopic (exact) mass is 462 g/mol. The maximum atomic E-state index is 12.9. The smallest absolute Gasteiger partial charge is 0.264 e. The molecule has 1 fully saturated rings. The molecule has 1 saturated carbocycles. The molecule has 1 aliphatic carbocycles. The summed E-state index contributed by atoms with van der Waals surface area (Å²) < 4.78 is 39.5. The van der Waals surface area contributed by atoms with Gasteiger partial charge in [-0.1, -0.05) is 17.8 Å². The van der Waals surface area contributed by atoms with E-state index in [1.165, 1.54) is 41.0 Å². The standard InChI is InChI=1S/C18H13F3N8S2/c19-18(20,21)12-2-1-10(11(5-12)7-22)8-30-16-25-17(3-4-17)13-6-14(26-27-15(13)31-16)29-24-9-23-28-29/h1-2,5-6,9,28H,3-4,8H2,(H,23,24). The van der Waals surface area contributed by atoms with Crippen molar-refractivity contribution < 1.29 is 13.2 Å². The first kappa shape index (κ1) is 20.0. The van der Waals surface area contributed by atoms with Gasteiger partial charge in [0.25, 0.3) is 0 Å². The van der Waals surface area contributed by atoms with Crippen LogP contribution in [0.3, 0.4) is 0 Å². The third kappa shape index (κ3) is 3.77. The largest absolute Gasteiger partial charge is 0.416 e. The molecule has 0 saturated heterocycles. The Bertz CT molecular complexity index is 1150. The van der Waals surface area contributed by atoms with Gasteiger partial charge in [-0.05, 0) is 48.4 Å². The number of nitrogens with zero attached hydrogens (tertiary/aromatic N) is 6. The molecule has 1 spiro atoms. The van der Waals surface area contributed by atoms with Crippen LogP contribution in [0.5, 0.6) is 0 Å². The summed E-state index contributed by atoms with van der Waals surface area (Å²) in [7, 11) is 0. The molecule has 3 aliphatic rings. The summed E-state index contributed by atoms with van der Waals surface area (Å²) in [4.78, 5) is 4.88. The summed E-state index contributed by atoms with van der Waals surface area (Å²) in [5, 5.41) is 24.0. The number of hydrazone groups is 1. The number of halogens is 3. The van der Waals surface area contributed by atoms with Crippen molar-refractivity contribution in [3.05, 3.63) is 46.5 Å². The van der Waals surface area contributed by atoms with Crippen LogP contribution in [-0.4, -0.2) is 20.9 Å².